The molecular formula is C11H10FN5O4. The van der Waals surface area contributed by atoms with E-state index in [1.165, 1.54) is 6.07 Å². The van der Waals surface area contributed by atoms with Gasteiger partial charge in [-0.15, -0.1) is 0 Å². The minimum absolute atomic E-state index is 0.140. The van der Waals surface area contributed by atoms with Gasteiger partial charge in [-0.1, -0.05) is 0 Å². The van der Waals surface area contributed by atoms with E-state index in [9.17, 15) is 14.0 Å². The number of benzene rings is 1. The molecule has 0 saturated heterocycles. The molecule has 1 aliphatic heterocycles. The second kappa shape index (κ2) is 4.98. The van der Waals surface area contributed by atoms with Gasteiger partial charge in [0.25, 0.3) is 5.91 Å². The van der Waals surface area contributed by atoms with Crippen molar-refractivity contribution in [3.63, 3.8) is 0 Å². The lowest BCUT2D eigenvalue weighted by atomic mass is 10.2. The second-order valence-electron chi connectivity index (χ2n) is 4.08. The number of fused-ring (bicyclic) bond motifs is 1. The SMILES string of the molecule is CCON1C(=O)COc2cc(F)c(-n3nn[nH]c3=O)cc21. The summed E-state index contributed by atoms with van der Waals surface area (Å²) in [7, 11) is 0. The average Bonchev–Trinajstić information content (AvgIpc) is 2.88. The number of carbonyl (C=O) groups excluding carboxylic acids is 1. The van der Waals surface area contributed by atoms with Crippen LogP contribution in [0.1, 0.15) is 6.92 Å². The maximum atomic E-state index is 14.1. The molecule has 10 heteroatoms. The highest BCUT2D eigenvalue weighted by molar-refractivity contribution is 5.96. The van der Waals surface area contributed by atoms with Gasteiger partial charge in [0.1, 0.15) is 17.1 Å². The van der Waals surface area contributed by atoms with Gasteiger partial charge in [0.2, 0.25) is 0 Å². The molecule has 0 radical (unpaired) electrons. The molecule has 2 heterocycles. The van der Waals surface area contributed by atoms with Crippen LogP contribution in [0.5, 0.6) is 5.75 Å². The lowest BCUT2D eigenvalue weighted by molar-refractivity contribution is -0.129. The fraction of sp³-hybridized carbons (Fsp3) is 0.273. The number of nitrogens with one attached hydrogen (secondary N) is 1. The van der Waals surface area contributed by atoms with Crippen LogP contribution in [0, 0.1) is 5.82 Å². The second-order valence-corrected chi connectivity index (χ2v) is 4.08. The maximum absolute atomic E-state index is 14.1. The third-order valence-electron chi connectivity index (χ3n) is 2.78. The molecule has 0 unspecified atom stereocenters. The van der Waals surface area contributed by atoms with Crippen LogP contribution in [0.25, 0.3) is 5.69 Å². The molecule has 1 N–H and O–H groups in total. The van der Waals surface area contributed by atoms with Gasteiger partial charge in [0, 0.05) is 6.07 Å². The van der Waals surface area contributed by atoms with E-state index in [-0.39, 0.29) is 30.3 Å². The molecule has 9 nitrogen and oxygen atoms in total. The van der Waals surface area contributed by atoms with Gasteiger partial charge in [-0.25, -0.2) is 14.3 Å². The Morgan fingerprint density at radius 3 is 2.90 bits per heavy atom. The zero-order valence-corrected chi connectivity index (χ0v) is 10.9. The van der Waals surface area contributed by atoms with Gasteiger partial charge < -0.3 is 4.74 Å². The number of rotatable bonds is 3. The number of hydrogen-bond donors (Lipinski definition) is 1. The molecule has 0 spiro atoms. The molecule has 2 aromatic rings. The number of ether oxygens (including phenoxy) is 1. The molecule has 0 bridgehead atoms. The van der Waals surface area contributed by atoms with Crippen molar-refractivity contribution in [3.8, 4) is 11.4 Å². The first kappa shape index (κ1) is 13.2. The molecule has 110 valence electrons. The third kappa shape index (κ3) is 2.14. The predicted octanol–water partition coefficient (Wildman–Crippen LogP) is -0.228. The van der Waals surface area contributed by atoms with E-state index in [4.69, 9.17) is 9.57 Å². The van der Waals surface area contributed by atoms with Crippen molar-refractivity contribution >= 4 is 11.6 Å². The largest absolute Gasteiger partial charge is 0.481 e. The van der Waals surface area contributed by atoms with Crippen LogP contribution in [0.3, 0.4) is 0 Å². The van der Waals surface area contributed by atoms with E-state index >= 15 is 0 Å². The van der Waals surface area contributed by atoms with E-state index in [2.05, 4.69) is 15.5 Å². The quantitative estimate of drug-likeness (QED) is 0.839. The summed E-state index contributed by atoms with van der Waals surface area (Å²) in [5.74, 6) is -1.04. The molecule has 1 amide bonds. The van der Waals surface area contributed by atoms with Crippen LogP contribution in [0.2, 0.25) is 0 Å². The average molecular weight is 295 g/mol. The summed E-state index contributed by atoms with van der Waals surface area (Å²) in [6, 6.07) is 2.30. The summed E-state index contributed by atoms with van der Waals surface area (Å²) in [6.07, 6.45) is 0. The fourth-order valence-electron chi connectivity index (χ4n) is 1.93. The zero-order chi connectivity index (χ0) is 15.0. The highest BCUT2D eigenvalue weighted by atomic mass is 19.1. The molecule has 1 aliphatic rings. The first-order valence-corrected chi connectivity index (χ1v) is 6.04. The van der Waals surface area contributed by atoms with Crippen LogP contribution in [0.15, 0.2) is 16.9 Å². The summed E-state index contributed by atoms with van der Waals surface area (Å²) >= 11 is 0. The fourth-order valence-corrected chi connectivity index (χ4v) is 1.93. The smallest absolute Gasteiger partial charge is 0.365 e. The highest BCUT2D eigenvalue weighted by Gasteiger charge is 2.29. The van der Waals surface area contributed by atoms with Gasteiger partial charge >= 0.3 is 5.69 Å². The van der Waals surface area contributed by atoms with Gasteiger partial charge in [0.15, 0.2) is 12.4 Å². The third-order valence-corrected chi connectivity index (χ3v) is 2.78. The van der Waals surface area contributed by atoms with E-state index < -0.39 is 17.4 Å². The van der Waals surface area contributed by atoms with E-state index in [0.29, 0.717) is 0 Å². The summed E-state index contributed by atoms with van der Waals surface area (Å²) in [5.41, 5.74) is -0.685. The van der Waals surface area contributed by atoms with Crippen molar-refractivity contribution in [2.45, 2.75) is 6.92 Å². The monoisotopic (exact) mass is 295 g/mol. The normalized spacial score (nSPS) is 14.0. The van der Waals surface area contributed by atoms with Crippen LogP contribution in [-0.4, -0.2) is 39.3 Å². The number of H-pyrrole nitrogens is 1. The minimum atomic E-state index is -0.740. The number of hydroxylamine groups is 1. The predicted molar refractivity (Wildman–Crippen MR) is 66.5 cm³/mol. The van der Waals surface area contributed by atoms with Crippen molar-refractivity contribution in [3.05, 3.63) is 28.4 Å². The number of nitrogens with zero attached hydrogens (tertiary/aromatic N) is 4. The molecular weight excluding hydrogens is 285 g/mol. The lowest BCUT2D eigenvalue weighted by Crippen LogP contribution is -2.39. The van der Waals surface area contributed by atoms with Gasteiger partial charge in [-0.2, -0.15) is 9.75 Å². The Hall–Kier alpha value is -2.75. The summed E-state index contributed by atoms with van der Waals surface area (Å²) < 4.78 is 20.0. The van der Waals surface area contributed by atoms with Crippen molar-refractivity contribution in [2.24, 2.45) is 0 Å². The minimum Gasteiger partial charge on any atom is -0.481 e. The first-order valence-electron chi connectivity index (χ1n) is 6.04. The molecule has 1 aromatic heterocycles. The number of halogens is 1. The Morgan fingerprint density at radius 1 is 1.43 bits per heavy atom. The topological polar surface area (TPSA) is 102 Å². The van der Waals surface area contributed by atoms with Crippen LogP contribution < -0.4 is 15.5 Å². The Labute approximate surface area is 116 Å². The number of aromatic amines is 1. The van der Waals surface area contributed by atoms with Crippen molar-refractivity contribution in [1.82, 2.24) is 20.2 Å². The molecule has 21 heavy (non-hydrogen) atoms. The Bertz CT molecular complexity index is 755. The van der Waals surface area contributed by atoms with Gasteiger partial charge in [0.05, 0.1) is 6.61 Å². The maximum Gasteiger partial charge on any atom is 0.365 e. The molecule has 0 saturated carbocycles. The van der Waals surface area contributed by atoms with Gasteiger partial charge in [-0.05, 0) is 23.4 Å². The summed E-state index contributed by atoms with van der Waals surface area (Å²) in [4.78, 5) is 28.5. The Morgan fingerprint density at radius 2 is 2.24 bits per heavy atom. The van der Waals surface area contributed by atoms with E-state index in [0.717, 1.165) is 15.8 Å². The first-order chi connectivity index (χ1) is 10.1. The van der Waals surface area contributed by atoms with E-state index in [1.807, 2.05) is 0 Å². The van der Waals surface area contributed by atoms with Crippen molar-refractivity contribution in [2.75, 3.05) is 18.3 Å². The Balaban J connectivity index is 2.16. The van der Waals surface area contributed by atoms with Crippen molar-refractivity contribution < 1.29 is 18.8 Å². The lowest BCUT2D eigenvalue weighted by Gasteiger charge is -2.28. The molecule has 0 aliphatic carbocycles. The van der Waals surface area contributed by atoms with Gasteiger partial charge in [-0.3, -0.25) is 9.63 Å². The standard InChI is InChI=1S/C11H10FN5O4/c1-2-21-17-8-4-7(16-11(19)13-14-15-16)6(12)3-9(8)20-5-10(17)18/h3-4H,2,5H2,1H3,(H,13,15,19). The number of hydrogen-bond acceptors (Lipinski definition) is 6. The van der Waals surface area contributed by atoms with Crippen LogP contribution in [-0.2, 0) is 9.63 Å². The number of aromatic nitrogens is 4. The van der Waals surface area contributed by atoms with Crippen LogP contribution in [0.4, 0.5) is 10.1 Å². The Kier molecular flexibility index (Phi) is 3.14. The summed E-state index contributed by atoms with van der Waals surface area (Å²) in [6.45, 7) is 1.69. The van der Waals surface area contributed by atoms with Crippen molar-refractivity contribution in [1.29, 1.82) is 0 Å². The van der Waals surface area contributed by atoms with Crippen LogP contribution >= 0.6 is 0 Å². The number of tetrazole rings is 1. The molecule has 3 rings (SSSR count). The number of carbonyl (C=O) groups is 1. The summed E-state index contributed by atoms with van der Waals surface area (Å²) in [5, 5.41) is 9.81. The molecule has 1 aromatic carbocycles. The highest BCUT2D eigenvalue weighted by Crippen LogP contribution is 2.35. The van der Waals surface area contributed by atoms with E-state index in [1.54, 1.807) is 6.92 Å². The zero-order valence-electron chi connectivity index (χ0n) is 10.9. The number of anilines is 1. The molecule has 0 atom stereocenters. The number of amides is 1. The molecule has 0 fully saturated rings.